The van der Waals surface area contributed by atoms with Crippen molar-refractivity contribution < 1.29 is 56.5 Å². The summed E-state index contributed by atoms with van der Waals surface area (Å²) >= 11 is 0. The summed E-state index contributed by atoms with van der Waals surface area (Å²) in [4.78, 5) is 14.1. The predicted molar refractivity (Wildman–Crippen MR) is 534 cm³/mol. The Bertz CT molecular complexity index is 9350. The second kappa shape index (κ2) is 32.8. The molecule has 11 nitrogen and oxygen atoms in total. The van der Waals surface area contributed by atoms with Gasteiger partial charge in [0.25, 0.3) is 0 Å². The maximum Gasteiger partial charge on any atom is 0.216 e. The lowest BCUT2D eigenvalue weighted by molar-refractivity contribution is -0.660. The van der Waals surface area contributed by atoms with E-state index in [-0.39, 0.29) is 22.3 Å². The zero-order valence-electron chi connectivity index (χ0n) is 88.0. The topological polar surface area (TPSA) is 107 Å². The minimum absolute atomic E-state index is 0.172. The van der Waals surface area contributed by atoms with Gasteiger partial charge in [-0.05, 0) is 176 Å². The van der Waals surface area contributed by atoms with Gasteiger partial charge in [-0.15, -0.1) is 0 Å². The van der Waals surface area contributed by atoms with E-state index in [0.29, 0.717) is 77.7 Å². The number of aryl methyl sites for hydroxylation is 14. The highest BCUT2D eigenvalue weighted by molar-refractivity contribution is 6.21. The fourth-order valence-electron chi connectivity index (χ4n) is 18.9. The van der Waals surface area contributed by atoms with Gasteiger partial charge in [0.05, 0.1) is 27.6 Å². The minimum atomic E-state index is -2.39. The molecule has 24 rings (SSSR count). The molecule has 13 aromatic carbocycles. The van der Waals surface area contributed by atoms with Crippen LogP contribution in [0.15, 0.2) is 352 Å². The molecule has 0 amide bonds. The summed E-state index contributed by atoms with van der Waals surface area (Å²) in [6.45, 7) is -1.73. The van der Waals surface area contributed by atoms with E-state index in [9.17, 15) is 0 Å². The van der Waals surface area contributed by atoms with Crippen molar-refractivity contribution in [2.75, 3.05) is 0 Å². The largest absolute Gasteiger partial charge is 0.454 e. The van der Waals surface area contributed by atoms with Crippen LogP contribution in [0.4, 0.5) is 0 Å². The van der Waals surface area contributed by atoms with Gasteiger partial charge in [-0.2, -0.15) is 0 Å². The van der Waals surface area contributed by atoms with Crippen molar-refractivity contribution in [3.05, 3.63) is 390 Å². The van der Waals surface area contributed by atoms with E-state index in [0.717, 1.165) is 160 Å². The van der Waals surface area contributed by atoms with Gasteiger partial charge in [0, 0.05) is 145 Å². The summed E-state index contributed by atoms with van der Waals surface area (Å²) in [6, 6.07) is 94.9. The number of hydrogen-bond donors (Lipinski definition) is 0. The van der Waals surface area contributed by atoms with Gasteiger partial charge in [-0.3, -0.25) is 15.0 Å². The maximum atomic E-state index is 8.37. The Morgan fingerprint density at radius 1 is 0.231 bits per heavy atom. The van der Waals surface area contributed by atoms with Crippen LogP contribution in [0.1, 0.15) is 76.2 Å². The number of furan rings is 4. The van der Waals surface area contributed by atoms with Crippen LogP contribution in [0.2, 0.25) is 0 Å². The third-order valence-electron chi connectivity index (χ3n) is 25.3. The molecule has 0 saturated carbocycles. The first-order valence-corrected chi connectivity index (χ1v) is 43.2. The molecule has 0 bridgehead atoms. The van der Waals surface area contributed by atoms with Gasteiger partial charge >= 0.3 is 0 Å². The lowest BCUT2D eigenvalue weighted by atomic mass is 9.93. The number of nitrogens with zero attached hydrogens (tertiary/aromatic N) is 7. The van der Waals surface area contributed by atoms with Crippen LogP contribution >= 0.6 is 0 Å². The van der Waals surface area contributed by atoms with Crippen molar-refractivity contribution in [1.82, 2.24) is 15.0 Å². The molecule has 0 aliphatic carbocycles. The van der Waals surface area contributed by atoms with Crippen LogP contribution in [-0.2, 0) is 28.2 Å². The van der Waals surface area contributed by atoms with Crippen molar-refractivity contribution in [2.24, 2.45) is 28.2 Å². The Hall–Kier alpha value is -15.9. The Kier molecular flexibility index (Phi) is 16.6. The molecule has 11 heteroatoms. The van der Waals surface area contributed by atoms with Gasteiger partial charge in [-0.1, -0.05) is 243 Å². The van der Waals surface area contributed by atoms with Crippen LogP contribution in [0.25, 0.3) is 221 Å². The minimum Gasteiger partial charge on any atom is -0.454 e. The van der Waals surface area contributed by atoms with Gasteiger partial charge < -0.3 is 17.7 Å². The maximum absolute atomic E-state index is 8.37. The molecule has 0 saturated heterocycles. The van der Waals surface area contributed by atoms with Gasteiger partial charge in [0.2, 0.25) is 22.8 Å². The quantitative estimate of drug-likeness (QED) is 0.140. The van der Waals surface area contributed by atoms with Crippen molar-refractivity contribution in [3.8, 4) is 89.5 Å². The third kappa shape index (κ3) is 14.0. The summed E-state index contributed by atoms with van der Waals surface area (Å²) in [7, 11) is 7.57. The van der Waals surface area contributed by atoms with E-state index >= 15 is 0 Å². The molecule has 0 unspecified atom stereocenters. The van der Waals surface area contributed by atoms with E-state index in [2.05, 4.69) is 103 Å². The molecule has 0 radical (unpaired) electrons. The molecule has 24 aromatic rings. The lowest BCUT2D eigenvalue weighted by Gasteiger charge is -2.11. The fourth-order valence-corrected chi connectivity index (χ4v) is 18.9. The number of hydrogen-bond acceptors (Lipinski definition) is 7. The van der Waals surface area contributed by atoms with E-state index in [4.69, 9.17) is 48.2 Å². The monoisotopic (exact) mass is 1700 g/mol. The predicted octanol–water partition coefficient (Wildman–Crippen LogP) is 28.9. The SMILES string of the molecule is Cc1ccc2c(oc3c4ccccc4cnc23)c1-c1cc(-c2ccccc2)cc[n+]1C.[2H]C([2H])([2H])c1c[n+](C)c(-c2c(C)cc(C([2H])([2H])[2H])c3c2oc2c4ccccc4c(C)cc23)cc1-c1ccccc1.[2H]C([2H])([2H])c1c[n+](C)c(-c2c(C)cc(C([2H])([2H])[2H])c3c2oc2c4ccccc4cnc23)cc1-c1ccccc1.[2H]C([2H])([2H])c1c[n+](C)c(-c2c(C)ccc3c2oc2c4ccccc4cnc32)cc1-c1ccccc1. The first-order chi connectivity index (χ1) is 69.3. The molecular formula is C119H97N7O4+4. The van der Waals surface area contributed by atoms with Crippen LogP contribution in [0.5, 0.6) is 0 Å². The van der Waals surface area contributed by atoms with Crippen molar-refractivity contribution in [2.45, 2.75) is 68.9 Å². The highest BCUT2D eigenvalue weighted by Crippen LogP contribution is 2.47. The molecule has 628 valence electrons. The first kappa shape index (κ1) is 65.7. The first-order valence-electron chi connectivity index (χ1n) is 50.7. The number of pyridine rings is 7. The lowest BCUT2D eigenvalue weighted by Crippen LogP contribution is -2.31. The fraction of sp³-hybridized carbons (Fsp3) is 0.118. The summed E-state index contributed by atoms with van der Waals surface area (Å²) in [5, 5.41) is 11.6. The molecule has 0 N–H and O–H groups in total. The van der Waals surface area contributed by atoms with E-state index in [1.165, 1.54) is 16.7 Å². The molecule has 0 spiro atoms. The molecular weight excluding hydrogens is 1590 g/mol. The Morgan fingerprint density at radius 3 is 1.02 bits per heavy atom. The normalized spacial score (nSPS) is 13.8. The van der Waals surface area contributed by atoms with E-state index in [1.54, 1.807) is 53.1 Å². The second-order valence-corrected chi connectivity index (χ2v) is 33.7. The van der Waals surface area contributed by atoms with Gasteiger partial charge in [0.15, 0.2) is 58.3 Å². The molecule has 0 atom stereocenters. The highest BCUT2D eigenvalue weighted by Gasteiger charge is 2.31. The van der Waals surface area contributed by atoms with Crippen molar-refractivity contribution >= 4 is 131 Å². The molecule has 0 fully saturated rings. The summed E-state index contributed by atoms with van der Waals surface area (Å²) in [5.41, 5.74) is 27.0. The van der Waals surface area contributed by atoms with Gasteiger partial charge in [-0.25, -0.2) is 18.3 Å². The van der Waals surface area contributed by atoms with Crippen molar-refractivity contribution in [3.63, 3.8) is 0 Å². The second-order valence-electron chi connectivity index (χ2n) is 33.7. The van der Waals surface area contributed by atoms with E-state index in [1.807, 2.05) is 265 Å². The van der Waals surface area contributed by atoms with E-state index < -0.39 is 34.3 Å². The molecule has 0 aliphatic rings. The molecule has 0 aliphatic heterocycles. The Morgan fingerprint density at radius 2 is 0.577 bits per heavy atom. The summed E-state index contributed by atoms with van der Waals surface area (Å²) in [6.07, 6.45) is 12.7. The summed E-state index contributed by atoms with van der Waals surface area (Å²) in [5.74, 6) is 0. The Balaban J connectivity index is 0.000000114. The third-order valence-corrected chi connectivity index (χ3v) is 25.3. The number of fused-ring (bicyclic) bond motifs is 20. The highest BCUT2D eigenvalue weighted by atomic mass is 16.3. The molecule has 130 heavy (non-hydrogen) atoms. The van der Waals surface area contributed by atoms with Crippen LogP contribution in [0, 0.1) is 68.9 Å². The molecule has 11 heterocycles. The number of benzene rings is 13. The number of aromatic nitrogens is 7. The van der Waals surface area contributed by atoms with Crippen LogP contribution < -0.4 is 18.3 Å². The average Bonchev–Trinajstić information content (AvgIpc) is 1.56. The summed E-state index contributed by atoms with van der Waals surface area (Å²) < 4.78 is 157. The average molecular weight is 1700 g/mol. The number of rotatable bonds is 8. The van der Waals surface area contributed by atoms with Crippen LogP contribution in [0.3, 0.4) is 0 Å². The molecule has 11 aromatic heterocycles. The Labute approximate surface area is 775 Å². The zero-order chi connectivity index (χ0) is 102. The van der Waals surface area contributed by atoms with Crippen molar-refractivity contribution in [1.29, 1.82) is 0 Å². The van der Waals surface area contributed by atoms with Gasteiger partial charge in [0.1, 0.15) is 55.9 Å². The standard InChI is InChI=1S/C32H28NO.C30H25N2O.C29H23N2O.C28H21N2O/c1-19-16-27-29-20(2)15-21(3)30(32(29)34-31(27)25-14-10-9-13-24(19)25)28-17-26(22(4)18-33(28)5)23-11-7-6-8-12-23;1-18-14-19(2)27-28-29(23-13-9-8-12-22(23)16-31-28)33-30(27)26(18)25-15-24(20(3)17-32(25)4)21-10-6-5-7-11-21;1-18-13-14-23-27-29(22-12-8-7-11-21(22)16-30-27)32-28(23)26(18)25-15-24(19(2)17-31(25)3)20-9-5-4-6-10-20;1-18-12-13-23-26-28(22-11-7-6-10-21(22)17-29-26)31-27(23)25(18)24-16-20(14-15-30(24)2)19-8-4-3-5-9-19/h6-18H,1-5H3;5-17H,1-4H3;4-17H,1-3H3;3-17H,1-2H3/q4*+1/i2D3,4D3;2D3,3D3;2D3;. The van der Waals surface area contributed by atoms with Crippen LogP contribution in [-0.4, -0.2) is 15.0 Å². The smallest absolute Gasteiger partial charge is 0.216 e. The zero-order valence-corrected chi connectivity index (χ0v) is 73.0.